The maximum absolute atomic E-state index is 13.5. The monoisotopic (exact) mass is 414 g/mol. The van der Waals surface area contributed by atoms with Gasteiger partial charge in [0.25, 0.3) is 5.91 Å². The molecule has 2 aromatic carbocycles. The molecule has 2 aliphatic rings. The third kappa shape index (κ3) is 3.95. The zero-order chi connectivity index (χ0) is 22.2. The lowest BCUT2D eigenvalue weighted by Crippen LogP contribution is -2.45. The van der Waals surface area contributed by atoms with Gasteiger partial charge < -0.3 is 4.90 Å². The second kappa shape index (κ2) is 8.18. The lowest BCUT2D eigenvalue weighted by molar-refractivity contribution is -0.123. The van der Waals surface area contributed by atoms with Gasteiger partial charge in [0.2, 0.25) is 0 Å². The Morgan fingerprint density at radius 2 is 1.77 bits per heavy atom. The summed E-state index contributed by atoms with van der Waals surface area (Å²) in [6.07, 6.45) is 8.23. The minimum absolute atomic E-state index is 0.170. The van der Waals surface area contributed by atoms with Gasteiger partial charge in [-0.3, -0.25) is 4.79 Å². The summed E-state index contributed by atoms with van der Waals surface area (Å²) >= 11 is 0. The zero-order valence-corrected chi connectivity index (χ0v) is 18.8. The van der Waals surface area contributed by atoms with E-state index in [1.54, 1.807) is 4.90 Å². The van der Waals surface area contributed by atoms with Gasteiger partial charge in [0.05, 0.1) is 5.69 Å². The van der Waals surface area contributed by atoms with E-state index in [4.69, 9.17) is 0 Å². The third-order valence-corrected chi connectivity index (χ3v) is 6.47. The molecule has 0 bridgehead atoms. The Balaban J connectivity index is 1.61. The molecule has 4 rings (SSSR count). The van der Waals surface area contributed by atoms with E-state index in [1.807, 2.05) is 52.0 Å². The van der Waals surface area contributed by atoms with Crippen molar-refractivity contribution in [2.45, 2.75) is 46.1 Å². The van der Waals surface area contributed by atoms with Crippen molar-refractivity contribution in [3.63, 3.8) is 0 Å². The van der Waals surface area contributed by atoms with Crippen molar-refractivity contribution in [3.8, 4) is 0 Å². The van der Waals surface area contributed by atoms with Gasteiger partial charge in [-0.2, -0.15) is 0 Å². The number of hydrogen-bond acceptors (Lipinski definition) is 2. The molecule has 1 aliphatic carbocycles. The van der Waals surface area contributed by atoms with E-state index in [2.05, 4.69) is 42.5 Å². The lowest BCUT2D eigenvalue weighted by Gasteiger charge is -2.32. The second-order valence-electron chi connectivity index (χ2n) is 9.15. The summed E-state index contributed by atoms with van der Waals surface area (Å²) in [6.45, 7) is 8.12. The van der Waals surface area contributed by atoms with Crippen LogP contribution in [-0.2, 0) is 11.2 Å². The first-order chi connectivity index (χ1) is 14.8. The summed E-state index contributed by atoms with van der Waals surface area (Å²) in [7, 11) is 0. The summed E-state index contributed by atoms with van der Waals surface area (Å²) in [6, 6.07) is 16.0. The van der Waals surface area contributed by atoms with Gasteiger partial charge in [-0.25, -0.2) is 9.69 Å². The average Bonchev–Trinajstić information content (AvgIpc) is 2.90. The van der Waals surface area contributed by atoms with E-state index in [1.165, 1.54) is 16.0 Å². The van der Waals surface area contributed by atoms with Gasteiger partial charge in [0, 0.05) is 6.54 Å². The number of hydrogen-bond donors (Lipinski definition) is 0. The fraction of sp³-hybridized carbons (Fsp3) is 0.333. The van der Waals surface area contributed by atoms with Crippen molar-refractivity contribution >= 4 is 17.6 Å². The molecule has 0 N–H and O–H groups in total. The SMILES string of the molecule is Cc1ccc(N2C(=O)N(CC3=CC=CCC3Cc3ccccc3)C(C)(C)C2=O)c(C)c1. The van der Waals surface area contributed by atoms with Gasteiger partial charge in [0.1, 0.15) is 5.54 Å². The summed E-state index contributed by atoms with van der Waals surface area (Å²) in [4.78, 5) is 29.9. The van der Waals surface area contributed by atoms with Crippen molar-refractivity contribution in [2.75, 3.05) is 11.4 Å². The molecule has 4 nitrogen and oxygen atoms in total. The Hall–Kier alpha value is -3.14. The highest BCUT2D eigenvalue weighted by Gasteiger charge is 2.52. The molecule has 3 amide bonds. The minimum atomic E-state index is -0.895. The molecular formula is C27H30N2O2. The van der Waals surface area contributed by atoms with Crippen molar-refractivity contribution in [1.82, 2.24) is 4.90 Å². The molecule has 160 valence electrons. The number of benzene rings is 2. The number of imide groups is 1. The molecule has 1 saturated heterocycles. The maximum atomic E-state index is 13.5. The van der Waals surface area contributed by atoms with Crippen LogP contribution >= 0.6 is 0 Å². The molecule has 1 atom stereocenters. The normalized spacial score (nSPS) is 20.4. The number of allylic oxidation sites excluding steroid dienone is 3. The van der Waals surface area contributed by atoms with Gasteiger partial charge in [-0.15, -0.1) is 0 Å². The van der Waals surface area contributed by atoms with Gasteiger partial charge >= 0.3 is 6.03 Å². The van der Waals surface area contributed by atoms with Crippen LogP contribution < -0.4 is 4.90 Å². The van der Waals surface area contributed by atoms with Crippen LogP contribution in [0.4, 0.5) is 10.5 Å². The molecule has 1 unspecified atom stereocenters. The van der Waals surface area contributed by atoms with E-state index in [0.717, 1.165) is 24.0 Å². The first kappa shape index (κ1) is 21.1. The summed E-state index contributed by atoms with van der Waals surface area (Å²) in [5, 5.41) is 0. The predicted molar refractivity (Wildman–Crippen MR) is 125 cm³/mol. The second-order valence-corrected chi connectivity index (χ2v) is 9.15. The molecule has 4 heteroatoms. The fourth-order valence-electron chi connectivity index (χ4n) is 4.57. The van der Waals surface area contributed by atoms with E-state index >= 15 is 0 Å². The highest BCUT2D eigenvalue weighted by Crippen LogP contribution is 2.36. The molecular weight excluding hydrogens is 384 g/mol. The zero-order valence-electron chi connectivity index (χ0n) is 18.8. The number of carbonyl (C=O) groups excluding carboxylic acids is 2. The highest BCUT2D eigenvalue weighted by atomic mass is 16.2. The summed E-state index contributed by atoms with van der Waals surface area (Å²) in [5.74, 6) is 0.150. The first-order valence-corrected chi connectivity index (χ1v) is 10.9. The number of anilines is 1. The number of rotatable bonds is 5. The molecule has 1 heterocycles. The Morgan fingerprint density at radius 3 is 2.48 bits per heavy atom. The Bertz CT molecular complexity index is 1070. The highest BCUT2D eigenvalue weighted by molar-refractivity contribution is 6.23. The molecule has 0 aromatic heterocycles. The molecule has 31 heavy (non-hydrogen) atoms. The van der Waals surface area contributed by atoms with Crippen molar-refractivity contribution in [1.29, 1.82) is 0 Å². The smallest absolute Gasteiger partial charge is 0.306 e. The number of urea groups is 1. The van der Waals surface area contributed by atoms with Crippen LogP contribution in [-0.4, -0.2) is 28.9 Å². The van der Waals surface area contributed by atoms with Gasteiger partial charge in [-0.05, 0) is 69.2 Å². The summed E-state index contributed by atoms with van der Waals surface area (Å²) in [5.41, 5.74) is 4.31. The molecule has 0 saturated carbocycles. The van der Waals surface area contributed by atoms with Crippen LogP contribution in [0, 0.1) is 19.8 Å². The Kier molecular flexibility index (Phi) is 5.57. The fourth-order valence-corrected chi connectivity index (χ4v) is 4.57. The minimum Gasteiger partial charge on any atom is -0.306 e. The molecule has 1 aliphatic heterocycles. The van der Waals surface area contributed by atoms with Crippen LogP contribution in [0.3, 0.4) is 0 Å². The number of amides is 3. The Labute approximate surface area is 184 Å². The average molecular weight is 415 g/mol. The topological polar surface area (TPSA) is 40.6 Å². The molecule has 0 radical (unpaired) electrons. The van der Waals surface area contributed by atoms with Crippen LogP contribution in [0.2, 0.25) is 0 Å². The first-order valence-electron chi connectivity index (χ1n) is 10.9. The predicted octanol–water partition coefficient (Wildman–Crippen LogP) is 5.60. The van der Waals surface area contributed by atoms with Crippen LogP contribution in [0.15, 0.2) is 72.3 Å². The number of carbonyl (C=O) groups is 2. The number of nitrogens with zero attached hydrogens (tertiary/aromatic N) is 2. The van der Waals surface area contributed by atoms with Crippen LogP contribution in [0.25, 0.3) is 0 Å². The van der Waals surface area contributed by atoms with Crippen LogP contribution in [0.5, 0.6) is 0 Å². The largest absolute Gasteiger partial charge is 0.332 e. The molecule has 0 spiro atoms. The maximum Gasteiger partial charge on any atom is 0.332 e. The number of aryl methyl sites for hydroxylation is 2. The Morgan fingerprint density at radius 1 is 1.03 bits per heavy atom. The van der Waals surface area contributed by atoms with E-state index in [-0.39, 0.29) is 11.9 Å². The van der Waals surface area contributed by atoms with Crippen LogP contribution in [0.1, 0.15) is 37.0 Å². The summed E-state index contributed by atoms with van der Waals surface area (Å²) < 4.78 is 0. The lowest BCUT2D eigenvalue weighted by atomic mass is 9.85. The standard InChI is InChI=1S/C27H30N2O2/c1-19-14-15-24(20(2)16-19)29-25(30)27(3,4)28(26(29)31)18-23-13-9-8-12-22(23)17-21-10-6-5-7-11-21/h5-11,13-16,22H,12,17-18H2,1-4H3. The van der Waals surface area contributed by atoms with E-state index in [9.17, 15) is 9.59 Å². The van der Waals surface area contributed by atoms with Gasteiger partial charge in [-0.1, -0.05) is 66.3 Å². The third-order valence-electron chi connectivity index (χ3n) is 6.47. The van der Waals surface area contributed by atoms with E-state index < -0.39 is 5.54 Å². The van der Waals surface area contributed by atoms with Crippen molar-refractivity contribution in [3.05, 3.63) is 89.0 Å². The van der Waals surface area contributed by atoms with Crippen molar-refractivity contribution in [2.24, 2.45) is 5.92 Å². The quantitative estimate of drug-likeness (QED) is 0.598. The van der Waals surface area contributed by atoms with Crippen molar-refractivity contribution < 1.29 is 9.59 Å². The molecule has 2 aromatic rings. The molecule has 1 fully saturated rings. The van der Waals surface area contributed by atoms with E-state index in [0.29, 0.717) is 18.2 Å². The van der Waals surface area contributed by atoms with Gasteiger partial charge in [0.15, 0.2) is 0 Å².